The molecule has 162 valence electrons. The highest BCUT2D eigenvalue weighted by Gasteiger charge is 2.33. The van der Waals surface area contributed by atoms with E-state index >= 15 is 0 Å². The summed E-state index contributed by atoms with van der Waals surface area (Å²) in [6, 6.07) is 19.1. The van der Waals surface area contributed by atoms with Crippen LogP contribution in [-0.4, -0.2) is 39.8 Å². The van der Waals surface area contributed by atoms with E-state index in [1.54, 1.807) is 0 Å². The molecule has 0 fully saturated rings. The molecule has 0 spiro atoms. The molecular formula is C25H27N7. The van der Waals surface area contributed by atoms with Gasteiger partial charge in [0.25, 0.3) is 0 Å². The van der Waals surface area contributed by atoms with Gasteiger partial charge in [-0.05, 0) is 23.6 Å². The second-order valence-electron chi connectivity index (χ2n) is 9.07. The van der Waals surface area contributed by atoms with Crippen molar-refractivity contribution in [1.29, 1.82) is 0 Å². The summed E-state index contributed by atoms with van der Waals surface area (Å²) in [5.41, 5.74) is 5.88. The lowest BCUT2D eigenvalue weighted by atomic mass is 9.81. The summed E-state index contributed by atoms with van der Waals surface area (Å²) >= 11 is 0. The van der Waals surface area contributed by atoms with E-state index in [1.165, 1.54) is 16.8 Å². The van der Waals surface area contributed by atoms with Gasteiger partial charge in [0.05, 0.1) is 11.1 Å². The van der Waals surface area contributed by atoms with E-state index in [1.807, 2.05) is 0 Å². The quantitative estimate of drug-likeness (QED) is 0.431. The van der Waals surface area contributed by atoms with Gasteiger partial charge in [-0.2, -0.15) is 15.1 Å². The molecule has 7 nitrogen and oxygen atoms in total. The number of aromatic amines is 1. The van der Waals surface area contributed by atoms with Crippen molar-refractivity contribution in [1.82, 2.24) is 20.2 Å². The van der Waals surface area contributed by atoms with Crippen molar-refractivity contribution >= 4 is 28.5 Å². The van der Waals surface area contributed by atoms with Crippen LogP contribution in [0.4, 0.5) is 17.5 Å². The molecule has 1 atom stereocenters. The third-order valence-electron chi connectivity index (χ3n) is 6.82. The average molecular weight is 426 g/mol. The van der Waals surface area contributed by atoms with Gasteiger partial charge in [-0.3, -0.25) is 5.10 Å². The standard InChI is InChI=1S/C25H27N7/c1-25(16-27-19-10-6-5-9-18(19)25)12-13-26-24-28-22-21-20(30-31-22)11-14-32(23(21)29-24)15-17-7-3-2-4-8-17/h2-10,27H,11-16H2,1H3,(H2,26,28,29,30,31). The highest BCUT2D eigenvalue weighted by Crippen LogP contribution is 2.39. The van der Waals surface area contributed by atoms with Crippen LogP contribution in [0.25, 0.3) is 11.0 Å². The summed E-state index contributed by atoms with van der Waals surface area (Å²) in [7, 11) is 0. The van der Waals surface area contributed by atoms with Gasteiger partial charge in [0.2, 0.25) is 5.95 Å². The number of nitrogens with zero attached hydrogens (tertiary/aromatic N) is 4. The Hall–Kier alpha value is -3.61. The van der Waals surface area contributed by atoms with Crippen molar-refractivity contribution in [2.75, 3.05) is 35.2 Å². The van der Waals surface area contributed by atoms with E-state index in [2.05, 4.69) is 87.3 Å². The maximum absolute atomic E-state index is 4.94. The second-order valence-corrected chi connectivity index (χ2v) is 9.07. The third-order valence-corrected chi connectivity index (χ3v) is 6.82. The van der Waals surface area contributed by atoms with Crippen LogP contribution in [0.15, 0.2) is 54.6 Å². The predicted octanol–water partition coefficient (Wildman–Crippen LogP) is 4.10. The minimum atomic E-state index is 0.0980. The summed E-state index contributed by atoms with van der Waals surface area (Å²) in [4.78, 5) is 12.0. The molecule has 2 aromatic carbocycles. The van der Waals surface area contributed by atoms with E-state index in [-0.39, 0.29) is 5.41 Å². The Labute approximate surface area is 187 Å². The number of H-pyrrole nitrogens is 1. The molecule has 0 radical (unpaired) electrons. The van der Waals surface area contributed by atoms with E-state index in [4.69, 9.17) is 9.97 Å². The summed E-state index contributed by atoms with van der Waals surface area (Å²) in [5.74, 6) is 1.61. The van der Waals surface area contributed by atoms with Gasteiger partial charge in [-0.1, -0.05) is 55.5 Å². The van der Waals surface area contributed by atoms with E-state index in [0.29, 0.717) is 5.95 Å². The molecule has 0 bridgehead atoms. The molecule has 1 unspecified atom stereocenters. The van der Waals surface area contributed by atoms with Crippen LogP contribution in [0.5, 0.6) is 0 Å². The number of hydrogen-bond donors (Lipinski definition) is 3. The van der Waals surface area contributed by atoms with Crippen LogP contribution >= 0.6 is 0 Å². The van der Waals surface area contributed by atoms with Gasteiger partial charge in [0.15, 0.2) is 5.65 Å². The van der Waals surface area contributed by atoms with Crippen LogP contribution < -0.4 is 15.5 Å². The normalized spacial score (nSPS) is 19.1. The zero-order valence-electron chi connectivity index (χ0n) is 18.2. The summed E-state index contributed by atoms with van der Waals surface area (Å²) in [6.45, 7) is 5.82. The minimum Gasteiger partial charge on any atom is -0.384 e. The molecule has 32 heavy (non-hydrogen) atoms. The Morgan fingerprint density at radius 3 is 2.81 bits per heavy atom. The Morgan fingerprint density at radius 1 is 1.06 bits per heavy atom. The number of anilines is 3. The summed E-state index contributed by atoms with van der Waals surface area (Å²) in [6.07, 6.45) is 1.92. The maximum Gasteiger partial charge on any atom is 0.226 e. The maximum atomic E-state index is 4.94. The van der Waals surface area contributed by atoms with Gasteiger partial charge in [0, 0.05) is 43.7 Å². The topological polar surface area (TPSA) is 81.8 Å². The molecule has 2 aliphatic rings. The van der Waals surface area contributed by atoms with Crippen LogP contribution in [0.3, 0.4) is 0 Å². The lowest BCUT2D eigenvalue weighted by Gasteiger charge is -2.28. The van der Waals surface area contributed by atoms with Gasteiger partial charge < -0.3 is 15.5 Å². The lowest BCUT2D eigenvalue weighted by molar-refractivity contribution is 0.492. The molecule has 3 N–H and O–H groups in total. The van der Waals surface area contributed by atoms with Gasteiger partial charge in [0.1, 0.15) is 5.82 Å². The Morgan fingerprint density at radius 2 is 1.91 bits per heavy atom. The second kappa shape index (κ2) is 7.51. The molecule has 0 amide bonds. The number of fused-ring (bicyclic) bond motifs is 1. The fourth-order valence-corrected chi connectivity index (χ4v) is 4.99. The van der Waals surface area contributed by atoms with Crippen LogP contribution in [0.1, 0.15) is 30.2 Å². The molecule has 0 aliphatic carbocycles. The van der Waals surface area contributed by atoms with Gasteiger partial charge in [-0.15, -0.1) is 0 Å². The Bertz CT molecular complexity index is 1270. The third kappa shape index (κ3) is 3.25. The highest BCUT2D eigenvalue weighted by atomic mass is 15.3. The summed E-state index contributed by atoms with van der Waals surface area (Å²) < 4.78 is 0. The number of hydrogen-bond acceptors (Lipinski definition) is 6. The number of para-hydroxylation sites is 1. The minimum absolute atomic E-state index is 0.0980. The van der Waals surface area contributed by atoms with Gasteiger partial charge >= 0.3 is 0 Å². The van der Waals surface area contributed by atoms with E-state index in [0.717, 1.165) is 61.6 Å². The number of aromatic nitrogens is 4. The average Bonchev–Trinajstić information content (AvgIpc) is 3.39. The van der Waals surface area contributed by atoms with Crippen molar-refractivity contribution in [3.63, 3.8) is 0 Å². The molecular weight excluding hydrogens is 398 g/mol. The monoisotopic (exact) mass is 425 g/mol. The van der Waals surface area contributed by atoms with E-state index in [9.17, 15) is 0 Å². The smallest absolute Gasteiger partial charge is 0.226 e. The highest BCUT2D eigenvalue weighted by molar-refractivity contribution is 5.91. The first-order valence-electron chi connectivity index (χ1n) is 11.3. The SMILES string of the molecule is CC1(CCNc2nc3c4c([nH]nc4n2)CCN3Cc2ccccc2)CNc2ccccc21. The van der Waals surface area contributed by atoms with Crippen molar-refractivity contribution in [2.24, 2.45) is 0 Å². The zero-order chi connectivity index (χ0) is 21.5. The number of rotatable bonds is 6. The molecule has 0 saturated heterocycles. The van der Waals surface area contributed by atoms with Crippen molar-refractivity contribution in [3.05, 3.63) is 71.4 Å². The van der Waals surface area contributed by atoms with Crippen LogP contribution in [0.2, 0.25) is 0 Å². The molecule has 4 heterocycles. The molecule has 2 aromatic heterocycles. The Balaban J connectivity index is 1.23. The van der Waals surface area contributed by atoms with Crippen molar-refractivity contribution < 1.29 is 0 Å². The zero-order valence-corrected chi connectivity index (χ0v) is 18.2. The molecule has 2 aliphatic heterocycles. The van der Waals surface area contributed by atoms with Crippen molar-refractivity contribution in [2.45, 2.75) is 31.7 Å². The predicted molar refractivity (Wildman–Crippen MR) is 128 cm³/mol. The molecule has 0 saturated carbocycles. The van der Waals surface area contributed by atoms with Crippen molar-refractivity contribution in [3.8, 4) is 0 Å². The number of nitrogens with one attached hydrogen (secondary N) is 3. The summed E-state index contributed by atoms with van der Waals surface area (Å²) in [5, 5.41) is 15.7. The fraction of sp³-hybridized carbons (Fsp3) is 0.320. The van der Waals surface area contributed by atoms with E-state index < -0.39 is 0 Å². The van der Waals surface area contributed by atoms with Gasteiger partial charge in [-0.25, -0.2) is 0 Å². The largest absolute Gasteiger partial charge is 0.384 e. The first-order chi connectivity index (χ1) is 15.7. The number of benzene rings is 2. The lowest BCUT2D eigenvalue weighted by Crippen LogP contribution is -2.30. The molecule has 4 aromatic rings. The van der Waals surface area contributed by atoms with Crippen LogP contribution in [0, 0.1) is 0 Å². The first kappa shape index (κ1) is 19.1. The molecule has 7 heteroatoms. The Kier molecular flexibility index (Phi) is 4.48. The fourth-order valence-electron chi connectivity index (χ4n) is 4.99. The van der Waals surface area contributed by atoms with Crippen LogP contribution in [-0.2, 0) is 18.4 Å². The molecule has 6 rings (SSSR count). The first-order valence-corrected chi connectivity index (χ1v) is 11.3.